The van der Waals surface area contributed by atoms with E-state index in [1.165, 1.54) is 31.1 Å². The van der Waals surface area contributed by atoms with Crippen LogP contribution in [-0.2, 0) is 11.2 Å². The molecule has 0 aromatic carbocycles. The summed E-state index contributed by atoms with van der Waals surface area (Å²) in [4.78, 5) is 27.5. The second kappa shape index (κ2) is 5.06. The van der Waals surface area contributed by atoms with Gasteiger partial charge in [-0.25, -0.2) is 4.98 Å². The smallest absolute Gasteiger partial charge is 0.325 e. The van der Waals surface area contributed by atoms with Gasteiger partial charge in [-0.2, -0.15) is 0 Å². The van der Waals surface area contributed by atoms with Gasteiger partial charge >= 0.3 is 5.97 Å². The van der Waals surface area contributed by atoms with Crippen molar-refractivity contribution in [3.63, 3.8) is 0 Å². The van der Waals surface area contributed by atoms with Crippen LogP contribution in [0.25, 0.3) is 0 Å². The number of aryl methyl sites for hydroxylation is 1. The molecule has 1 fully saturated rings. The van der Waals surface area contributed by atoms with Gasteiger partial charge < -0.3 is 10.4 Å². The van der Waals surface area contributed by atoms with Gasteiger partial charge in [-0.3, -0.25) is 9.59 Å². The largest absolute Gasteiger partial charge is 0.480 e. The molecule has 1 saturated carbocycles. The summed E-state index contributed by atoms with van der Waals surface area (Å²) in [6.45, 7) is 3.23. The zero-order valence-electron chi connectivity index (χ0n) is 10.4. The summed E-state index contributed by atoms with van der Waals surface area (Å²) >= 11 is 1.37. The molecule has 0 radical (unpaired) electrons. The third-order valence-electron chi connectivity index (χ3n) is 2.93. The number of carbonyl (C=O) groups is 2. The van der Waals surface area contributed by atoms with Crippen LogP contribution >= 0.6 is 11.3 Å². The minimum Gasteiger partial charge on any atom is -0.480 e. The van der Waals surface area contributed by atoms with Gasteiger partial charge in [0.25, 0.3) is 5.91 Å². The zero-order valence-corrected chi connectivity index (χ0v) is 11.2. The molecule has 0 spiro atoms. The molecular weight excluding hydrogens is 252 g/mol. The standard InChI is InChI=1S/C12H16N2O3S/c1-6-10(11(15)14-7(2)12(16)17)18-9(13-6)5-8-3-4-8/h7-8H,3-5H2,1-2H3,(H,14,15)(H,16,17)/t7-/m1/s1. The Hall–Kier alpha value is -1.43. The van der Waals surface area contributed by atoms with Crippen molar-refractivity contribution in [1.82, 2.24) is 10.3 Å². The summed E-state index contributed by atoms with van der Waals surface area (Å²) in [5.74, 6) is -0.657. The number of hydrogen-bond acceptors (Lipinski definition) is 4. The first-order valence-corrected chi connectivity index (χ1v) is 6.79. The Balaban J connectivity index is 2.04. The first kappa shape index (κ1) is 13.0. The SMILES string of the molecule is Cc1nc(CC2CC2)sc1C(=O)N[C@H](C)C(=O)O. The van der Waals surface area contributed by atoms with Crippen LogP contribution in [0.5, 0.6) is 0 Å². The van der Waals surface area contributed by atoms with E-state index in [0.717, 1.165) is 17.3 Å². The number of hydrogen-bond donors (Lipinski definition) is 2. The Morgan fingerprint density at radius 3 is 2.78 bits per heavy atom. The van der Waals surface area contributed by atoms with Crippen molar-refractivity contribution >= 4 is 23.2 Å². The lowest BCUT2D eigenvalue weighted by atomic mass is 10.3. The first-order valence-electron chi connectivity index (χ1n) is 5.97. The van der Waals surface area contributed by atoms with Crippen molar-refractivity contribution in [2.24, 2.45) is 5.92 Å². The predicted octanol–water partition coefficient (Wildman–Crippen LogP) is 1.61. The fourth-order valence-electron chi connectivity index (χ4n) is 1.64. The molecule has 0 aliphatic heterocycles. The van der Waals surface area contributed by atoms with Crippen molar-refractivity contribution in [2.45, 2.75) is 39.2 Å². The second-order valence-electron chi connectivity index (χ2n) is 4.70. The van der Waals surface area contributed by atoms with Gasteiger partial charge in [-0.05, 0) is 32.6 Å². The lowest BCUT2D eigenvalue weighted by molar-refractivity contribution is -0.138. The third kappa shape index (κ3) is 3.07. The van der Waals surface area contributed by atoms with E-state index in [0.29, 0.717) is 10.6 Å². The number of carboxylic acid groups (broad SMARTS) is 1. The fraction of sp³-hybridized carbons (Fsp3) is 0.583. The molecular formula is C12H16N2O3S. The number of aromatic nitrogens is 1. The monoisotopic (exact) mass is 268 g/mol. The van der Waals surface area contributed by atoms with Crippen molar-refractivity contribution in [2.75, 3.05) is 0 Å². The zero-order chi connectivity index (χ0) is 13.3. The van der Waals surface area contributed by atoms with E-state index in [1.807, 2.05) is 0 Å². The van der Waals surface area contributed by atoms with E-state index >= 15 is 0 Å². The number of thiazole rings is 1. The fourth-order valence-corrected chi connectivity index (χ4v) is 2.73. The van der Waals surface area contributed by atoms with Crippen molar-refractivity contribution in [3.05, 3.63) is 15.6 Å². The van der Waals surface area contributed by atoms with Gasteiger partial charge in [-0.15, -0.1) is 11.3 Å². The van der Waals surface area contributed by atoms with Crippen molar-refractivity contribution in [3.8, 4) is 0 Å². The minimum absolute atomic E-state index is 0.345. The van der Waals surface area contributed by atoms with E-state index in [9.17, 15) is 9.59 Å². The molecule has 2 N–H and O–H groups in total. The van der Waals surface area contributed by atoms with Crippen molar-refractivity contribution < 1.29 is 14.7 Å². The number of aliphatic carboxylic acids is 1. The maximum absolute atomic E-state index is 11.9. The number of nitrogens with one attached hydrogen (secondary N) is 1. The Bertz CT molecular complexity index is 480. The van der Waals surface area contributed by atoms with E-state index in [-0.39, 0.29) is 5.91 Å². The molecule has 0 unspecified atom stereocenters. The third-order valence-corrected chi connectivity index (χ3v) is 4.10. The number of carbonyl (C=O) groups excluding carboxylic acids is 1. The van der Waals surface area contributed by atoms with E-state index in [1.54, 1.807) is 6.92 Å². The molecule has 1 aliphatic carbocycles. The van der Waals surface area contributed by atoms with E-state index in [4.69, 9.17) is 5.11 Å². The summed E-state index contributed by atoms with van der Waals surface area (Å²) in [6.07, 6.45) is 3.43. The molecule has 1 amide bonds. The number of rotatable bonds is 5. The highest BCUT2D eigenvalue weighted by Crippen LogP contribution is 2.34. The average Bonchev–Trinajstić information content (AvgIpc) is 3.01. The second-order valence-corrected chi connectivity index (χ2v) is 5.79. The molecule has 5 nitrogen and oxygen atoms in total. The first-order chi connectivity index (χ1) is 8.47. The van der Waals surface area contributed by atoms with Gasteiger partial charge in [0.1, 0.15) is 10.9 Å². The van der Waals surface area contributed by atoms with Crippen molar-refractivity contribution in [1.29, 1.82) is 0 Å². The molecule has 0 saturated heterocycles. The summed E-state index contributed by atoms with van der Waals surface area (Å²) in [5.41, 5.74) is 0.686. The number of nitrogens with zero attached hydrogens (tertiary/aromatic N) is 1. The highest BCUT2D eigenvalue weighted by atomic mass is 32.1. The minimum atomic E-state index is -1.04. The normalized spacial score (nSPS) is 16.3. The Labute approximate surface area is 109 Å². The molecule has 6 heteroatoms. The predicted molar refractivity (Wildman–Crippen MR) is 67.8 cm³/mol. The number of carboxylic acids is 1. The Kier molecular flexibility index (Phi) is 3.65. The Morgan fingerprint density at radius 2 is 2.22 bits per heavy atom. The lowest BCUT2D eigenvalue weighted by Gasteiger charge is -2.07. The molecule has 1 aliphatic rings. The molecule has 0 bridgehead atoms. The van der Waals surface area contributed by atoms with Gasteiger partial charge in [0.2, 0.25) is 0 Å². The molecule has 98 valence electrons. The van der Waals surface area contributed by atoms with Crippen LogP contribution in [-0.4, -0.2) is 28.0 Å². The lowest BCUT2D eigenvalue weighted by Crippen LogP contribution is -2.38. The quantitative estimate of drug-likeness (QED) is 0.850. The summed E-state index contributed by atoms with van der Waals surface area (Å²) < 4.78 is 0. The van der Waals surface area contributed by atoms with Crippen LogP contribution in [0.2, 0.25) is 0 Å². The topological polar surface area (TPSA) is 79.3 Å². The van der Waals surface area contributed by atoms with Crippen LogP contribution in [0.15, 0.2) is 0 Å². The van der Waals surface area contributed by atoms with E-state index in [2.05, 4.69) is 10.3 Å². The van der Waals surface area contributed by atoms with Gasteiger partial charge in [0.15, 0.2) is 0 Å². The van der Waals surface area contributed by atoms with E-state index < -0.39 is 12.0 Å². The van der Waals surface area contributed by atoms with Crippen LogP contribution in [0.4, 0.5) is 0 Å². The van der Waals surface area contributed by atoms with Gasteiger partial charge in [0, 0.05) is 6.42 Å². The average molecular weight is 268 g/mol. The van der Waals surface area contributed by atoms with Crippen LogP contribution in [0.3, 0.4) is 0 Å². The van der Waals surface area contributed by atoms with Crippen LogP contribution in [0.1, 0.15) is 40.1 Å². The molecule has 1 aromatic heterocycles. The molecule has 1 heterocycles. The molecule has 18 heavy (non-hydrogen) atoms. The highest BCUT2D eigenvalue weighted by Gasteiger charge is 2.25. The summed E-state index contributed by atoms with van der Waals surface area (Å²) in [7, 11) is 0. The number of amides is 1. The maximum atomic E-state index is 11.9. The highest BCUT2D eigenvalue weighted by molar-refractivity contribution is 7.13. The van der Waals surface area contributed by atoms with Gasteiger partial charge in [0.05, 0.1) is 10.7 Å². The Morgan fingerprint density at radius 1 is 1.56 bits per heavy atom. The maximum Gasteiger partial charge on any atom is 0.325 e. The van der Waals surface area contributed by atoms with Crippen LogP contribution < -0.4 is 5.32 Å². The summed E-state index contributed by atoms with van der Waals surface area (Å²) in [6, 6.07) is -0.883. The molecule has 1 aromatic rings. The molecule has 1 atom stereocenters. The summed E-state index contributed by atoms with van der Waals surface area (Å²) in [5, 5.41) is 12.2. The molecule has 2 rings (SSSR count). The van der Waals surface area contributed by atoms with Crippen LogP contribution in [0, 0.1) is 12.8 Å². The van der Waals surface area contributed by atoms with Gasteiger partial charge in [-0.1, -0.05) is 0 Å².